The van der Waals surface area contributed by atoms with E-state index in [0.717, 1.165) is 55.0 Å². The van der Waals surface area contributed by atoms with Gasteiger partial charge in [0.05, 0.1) is 17.5 Å². The first-order chi connectivity index (χ1) is 15.5. The number of anilines is 1. The molecule has 0 bridgehead atoms. The Bertz CT molecular complexity index is 1190. The van der Waals surface area contributed by atoms with Crippen molar-refractivity contribution in [3.05, 3.63) is 54.7 Å². The van der Waals surface area contributed by atoms with E-state index in [2.05, 4.69) is 22.9 Å². The quantitative estimate of drug-likeness (QED) is 0.537. The molecule has 1 aliphatic heterocycles. The van der Waals surface area contributed by atoms with Gasteiger partial charge in [0.25, 0.3) is 10.0 Å². The Hall–Kier alpha value is -2.51. The van der Waals surface area contributed by atoms with Crippen LogP contribution >= 0.6 is 0 Å². The lowest BCUT2D eigenvalue weighted by Crippen LogP contribution is -2.44. The zero-order valence-electron chi connectivity index (χ0n) is 18.8. The average Bonchev–Trinajstić information content (AvgIpc) is 3.52. The van der Waals surface area contributed by atoms with Crippen molar-refractivity contribution in [2.75, 3.05) is 38.7 Å². The molecular weight excluding hydrogens is 422 g/mol. The van der Waals surface area contributed by atoms with Crippen molar-refractivity contribution in [1.29, 1.82) is 0 Å². The van der Waals surface area contributed by atoms with E-state index >= 15 is 0 Å². The smallest absolute Gasteiger partial charge is 0.268 e. The molecule has 1 aliphatic carbocycles. The molecule has 6 nitrogen and oxygen atoms in total. The maximum Gasteiger partial charge on any atom is 0.268 e. The molecule has 0 N–H and O–H groups in total. The molecule has 1 saturated heterocycles. The van der Waals surface area contributed by atoms with Gasteiger partial charge in [-0.25, -0.2) is 12.4 Å². The van der Waals surface area contributed by atoms with Crippen LogP contribution < -0.4 is 9.64 Å². The minimum atomic E-state index is -3.70. The molecule has 2 aliphatic rings. The van der Waals surface area contributed by atoms with Gasteiger partial charge in [0, 0.05) is 29.9 Å². The average molecular weight is 454 g/mol. The molecule has 0 spiro atoms. The zero-order valence-corrected chi connectivity index (χ0v) is 19.6. The van der Waals surface area contributed by atoms with Crippen molar-refractivity contribution in [1.82, 2.24) is 8.87 Å². The van der Waals surface area contributed by atoms with Crippen LogP contribution in [-0.2, 0) is 10.0 Å². The summed E-state index contributed by atoms with van der Waals surface area (Å²) < 4.78 is 33.4. The minimum absolute atomic E-state index is 0.256. The van der Waals surface area contributed by atoms with Gasteiger partial charge in [-0.15, -0.1) is 0 Å². The molecule has 3 aromatic rings. The van der Waals surface area contributed by atoms with E-state index in [1.165, 1.54) is 16.8 Å². The first-order valence-corrected chi connectivity index (χ1v) is 12.9. The minimum Gasteiger partial charge on any atom is -0.497 e. The fraction of sp³-hybridized carbons (Fsp3) is 0.440. The van der Waals surface area contributed by atoms with Gasteiger partial charge in [-0.05, 0) is 94.2 Å². The second-order valence-electron chi connectivity index (χ2n) is 9.13. The maximum atomic E-state index is 13.4. The van der Waals surface area contributed by atoms with E-state index in [1.54, 1.807) is 37.6 Å². The van der Waals surface area contributed by atoms with Gasteiger partial charge in [-0.2, -0.15) is 0 Å². The van der Waals surface area contributed by atoms with E-state index in [1.807, 2.05) is 18.2 Å². The number of piperidine rings is 1. The summed E-state index contributed by atoms with van der Waals surface area (Å²) in [7, 11) is 0.0619. The lowest BCUT2D eigenvalue weighted by atomic mass is 10.0. The van der Waals surface area contributed by atoms with Crippen LogP contribution in [-0.4, -0.2) is 57.1 Å². The van der Waals surface area contributed by atoms with Crippen molar-refractivity contribution in [2.24, 2.45) is 5.92 Å². The van der Waals surface area contributed by atoms with Gasteiger partial charge in [-0.1, -0.05) is 6.07 Å². The number of methoxy groups -OCH3 is 1. The highest BCUT2D eigenvalue weighted by Gasteiger charge is 2.31. The van der Waals surface area contributed by atoms with Crippen molar-refractivity contribution < 1.29 is 13.2 Å². The van der Waals surface area contributed by atoms with Crippen LogP contribution in [0.2, 0.25) is 0 Å². The zero-order chi connectivity index (χ0) is 22.3. The highest BCUT2D eigenvalue weighted by atomic mass is 32.2. The highest BCUT2D eigenvalue weighted by Crippen LogP contribution is 2.37. The number of benzene rings is 2. The van der Waals surface area contributed by atoms with Crippen molar-refractivity contribution in [2.45, 2.75) is 36.6 Å². The number of aromatic nitrogens is 1. The number of hydrogen-bond acceptors (Lipinski definition) is 5. The number of likely N-dealkylation sites (tertiary alicyclic amines) is 1. The first kappa shape index (κ1) is 21.3. The Morgan fingerprint density at radius 3 is 2.38 bits per heavy atom. The summed E-state index contributed by atoms with van der Waals surface area (Å²) in [6.45, 7) is 3.27. The molecule has 7 heteroatoms. The first-order valence-electron chi connectivity index (χ1n) is 11.4. The lowest BCUT2D eigenvalue weighted by Gasteiger charge is -2.39. The number of rotatable bonds is 7. The Morgan fingerprint density at radius 1 is 1.00 bits per heavy atom. The van der Waals surface area contributed by atoms with Gasteiger partial charge in [-0.3, -0.25) is 0 Å². The van der Waals surface area contributed by atoms with E-state index in [4.69, 9.17) is 4.74 Å². The molecule has 0 atom stereocenters. The van der Waals surface area contributed by atoms with Crippen molar-refractivity contribution in [3.63, 3.8) is 0 Å². The normalized spacial score (nSPS) is 18.2. The van der Waals surface area contributed by atoms with Crippen LogP contribution in [0, 0.1) is 5.92 Å². The third kappa shape index (κ3) is 3.99. The number of fused-ring (bicyclic) bond motifs is 1. The molecule has 0 amide bonds. The Balaban J connectivity index is 1.54. The molecule has 5 rings (SSSR count). The summed E-state index contributed by atoms with van der Waals surface area (Å²) in [6, 6.07) is 15.1. The largest absolute Gasteiger partial charge is 0.497 e. The fourth-order valence-electron chi connectivity index (χ4n) is 4.78. The molecule has 1 aromatic heterocycles. The third-order valence-corrected chi connectivity index (χ3v) is 8.58. The van der Waals surface area contributed by atoms with Gasteiger partial charge in [0.15, 0.2) is 0 Å². The Labute approximate surface area is 190 Å². The fourth-order valence-corrected chi connectivity index (χ4v) is 6.12. The molecule has 2 aromatic carbocycles. The molecule has 0 radical (unpaired) electrons. The molecule has 170 valence electrons. The summed E-state index contributed by atoms with van der Waals surface area (Å²) in [6.07, 6.45) is 6.57. The maximum absolute atomic E-state index is 13.4. The van der Waals surface area contributed by atoms with Gasteiger partial charge in [0.2, 0.25) is 0 Å². The van der Waals surface area contributed by atoms with Gasteiger partial charge >= 0.3 is 0 Å². The molecule has 1 saturated carbocycles. The van der Waals surface area contributed by atoms with E-state index < -0.39 is 10.0 Å². The summed E-state index contributed by atoms with van der Waals surface area (Å²) in [5.74, 6) is 1.40. The second kappa shape index (κ2) is 8.45. The standard InChI is InChI=1S/C25H31N3O3S/c1-26-15-12-20(13-16-26)27(18-19-6-7-19)24-4-3-5-25-23(24)14-17-28(25)32(29,30)22-10-8-21(31-2)9-11-22/h3-5,8-11,14,17,19-20H,6-7,12-13,15-16,18H2,1-2H3. The van der Waals surface area contributed by atoms with Crippen LogP contribution in [0.1, 0.15) is 25.7 Å². The van der Waals surface area contributed by atoms with Crippen molar-refractivity contribution in [3.8, 4) is 5.75 Å². The van der Waals surface area contributed by atoms with Crippen LogP contribution in [0.4, 0.5) is 5.69 Å². The summed E-state index contributed by atoms with van der Waals surface area (Å²) in [5.41, 5.74) is 1.89. The Kier molecular flexibility index (Phi) is 5.63. The summed E-state index contributed by atoms with van der Waals surface area (Å²) in [4.78, 5) is 5.22. The molecule has 32 heavy (non-hydrogen) atoms. The second-order valence-corrected chi connectivity index (χ2v) is 10.9. The van der Waals surface area contributed by atoms with Crippen molar-refractivity contribution >= 4 is 26.6 Å². The predicted molar refractivity (Wildman–Crippen MR) is 128 cm³/mol. The monoisotopic (exact) mass is 453 g/mol. The van der Waals surface area contributed by atoms with Gasteiger partial charge in [0.1, 0.15) is 5.75 Å². The molecule has 0 unspecified atom stereocenters. The predicted octanol–water partition coefficient (Wildman–Crippen LogP) is 4.20. The van der Waals surface area contributed by atoms with E-state index in [0.29, 0.717) is 11.8 Å². The van der Waals surface area contributed by atoms with Crippen LogP contribution in [0.15, 0.2) is 59.6 Å². The molecular formula is C25H31N3O3S. The SMILES string of the molecule is COc1ccc(S(=O)(=O)n2ccc3c(N(CC4CC4)C4CCN(C)CC4)cccc32)cc1. The van der Waals surface area contributed by atoms with Crippen LogP contribution in [0.5, 0.6) is 5.75 Å². The molecule has 2 fully saturated rings. The summed E-state index contributed by atoms with van der Waals surface area (Å²) in [5, 5.41) is 1.00. The highest BCUT2D eigenvalue weighted by molar-refractivity contribution is 7.90. The summed E-state index contributed by atoms with van der Waals surface area (Å²) >= 11 is 0. The van der Waals surface area contributed by atoms with E-state index in [9.17, 15) is 8.42 Å². The van der Waals surface area contributed by atoms with E-state index in [-0.39, 0.29) is 4.90 Å². The Morgan fingerprint density at radius 2 is 1.72 bits per heavy atom. The number of ether oxygens (including phenoxy) is 1. The lowest BCUT2D eigenvalue weighted by molar-refractivity contribution is 0.249. The van der Waals surface area contributed by atoms with Gasteiger partial charge < -0.3 is 14.5 Å². The topological polar surface area (TPSA) is 54.8 Å². The van der Waals surface area contributed by atoms with Crippen LogP contribution in [0.3, 0.4) is 0 Å². The molecule has 2 heterocycles. The van der Waals surface area contributed by atoms with Crippen LogP contribution in [0.25, 0.3) is 10.9 Å². The third-order valence-electron chi connectivity index (χ3n) is 6.88. The number of nitrogens with zero attached hydrogens (tertiary/aromatic N) is 3. The number of hydrogen-bond donors (Lipinski definition) is 0.